The molecular weight excluding hydrogens is 296 g/mol. The van der Waals surface area contributed by atoms with E-state index in [4.69, 9.17) is 0 Å². The Morgan fingerprint density at radius 3 is 2.27 bits per heavy atom. The largest absolute Gasteiger partial charge is 0.321 e. The molecule has 0 aliphatic rings. The van der Waals surface area contributed by atoms with Crippen LogP contribution in [0.2, 0.25) is 0 Å². The molecule has 2 N–H and O–H groups in total. The molecule has 116 valence electrons. The molecule has 1 heterocycles. The van der Waals surface area contributed by atoms with Crippen LogP contribution in [-0.4, -0.2) is 11.8 Å². The Morgan fingerprint density at radius 2 is 1.68 bits per heavy atom. The number of anilines is 2. The van der Waals surface area contributed by atoms with Gasteiger partial charge >= 0.3 is 0 Å². The van der Waals surface area contributed by atoms with Crippen LogP contribution in [0.25, 0.3) is 0 Å². The molecule has 0 aliphatic heterocycles. The third-order valence-electron chi connectivity index (χ3n) is 3.07. The first kappa shape index (κ1) is 16.2. The number of carbonyl (C=O) groups excluding carboxylic acids is 2. The van der Waals surface area contributed by atoms with Gasteiger partial charge in [-0.25, -0.2) is 0 Å². The first-order valence-electron chi connectivity index (χ1n) is 7.05. The van der Waals surface area contributed by atoms with Crippen LogP contribution in [0.1, 0.15) is 36.0 Å². The van der Waals surface area contributed by atoms with E-state index in [-0.39, 0.29) is 11.8 Å². The Bertz CT molecular complexity index is 684. The molecule has 1 aromatic carbocycles. The summed E-state index contributed by atoms with van der Waals surface area (Å²) in [6.45, 7) is 7.42. The molecule has 0 unspecified atom stereocenters. The van der Waals surface area contributed by atoms with Crippen molar-refractivity contribution in [3.8, 4) is 0 Å². The van der Waals surface area contributed by atoms with Crippen molar-refractivity contribution in [1.29, 1.82) is 0 Å². The van der Waals surface area contributed by atoms with Crippen molar-refractivity contribution in [1.82, 2.24) is 0 Å². The lowest BCUT2D eigenvalue weighted by Gasteiger charge is -2.16. The predicted octanol–water partition coefficient (Wildman–Crippen LogP) is 4.29. The van der Waals surface area contributed by atoms with Gasteiger partial charge in [0.1, 0.15) is 0 Å². The van der Waals surface area contributed by atoms with Gasteiger partial charge in [0.25, 0.3) is 5.91 Å². The molecule has 0 saturated carbocycles. The van der Waals surface area contributed by atoms with Crippen LogP contribution in [0.15, 0.2) is 36.4 Å². The normalized spacial score (nSPS) is 11.1. The third-order valence-corrected chi connectivity index (χ3v) is 4.22. The monoisotopic (exact) mass is 316 g/mol. The predicted molar refractivity (Wildman–Crippen MR) is 91.5 cm³/mol. The van der Waals surface area contributed by atoms with E-state index in [1.807, 2.05) is 64.1 Å². The highest BCUT2D eigenvalue weighted by Gasteiger charge is 2.23. The fourth-order valence-corrected chi connectivity index (χ4v) is 2.74. The third kappa shape index (κ3) is 3.95. The second-order valence-electron chi connectivity index (χ2n) is 6.15. The van der Waals surface area contributed by atoms with E-state index in [1.165, 1.54) is 11.3 Å². The van der Waals surface area contributed by atoms with E-state index in [1.54, 1.807) is 0 Å². The Kier molecular flexibility index (Phi) is 4.66. The standard InChI is InChI=1S/C17H20N2O2S/c1-11-10-13(19-16(21)17(2,3)4)22-14(11)15(20)18-12-8-6-5-7-9-12/h5-10H,1-4H3,(H,18,20)(H,19,21). The maximum Gasteiger partial charge on any atom is 0.266 e. The molecule has 2 aromatic rings. The van der Waals surface area contributed by atoms with Gasteiger partial charge in [-0.05, 0) is 30.7 Å². The van der Waals surface area contributed by atoms with Gasteiger partial charge < -0.3 is 10.6 Å². The van der Waals surface area contributed by atoms with Crippen LogP contribution in [0, 0.1) is 12.3 Å². The van der Waals surface area contributed by atoms with Crippen molar-refractivity contribution in [2.45, 2.75) is 27.7 Å². The first-order chi connectivity index (χ1) is 10.3. The van der Waals surface area contributed by atoms with E-state index < -0.39 is 5.41 Å². The number of rotatable bonds is 3. The number of hydrogen-bond acceptors (Lipinski definition) is 3. The maximum absolute atomic E-state index is 12.3. The smallest absolute Gasteiger partial charge is 0.266 e. The Morgan fingerprint density at radius 1 is 1.05 bits per heavy atom. The van der Waals surface area contributed by atoms with E-state index in [0.717, 1.165) is 11.3 Å². The lowest BCUT2D eigenvalue weighted by Crippen LogP contribution is -2.27. The lowest BCUT2D eigenvalue weighted by atomic mass is 9.96. The number of amides is 2. The lowest BCUT2D eigenvalue weighted by molar-refractivity contribution is -0.123. The van der Waals surface area contributed by atoms with E-state index in [2.05, 4.69) is 10.6 Å². The highest BCUT2D eigenvalue weighted by molar-refractivity contribution is 7.18. The minimum atomic E-state index is -0.468. The van der Waals surface area contributed by atoms with Crippen LogP contribution in [0.4, 0.5) is 10.7 Å². The number of benzene rings is 1. The van der Waals surface area contributed by atoms with Gasteiger partial charge in [0.15, 0.2) is 0 Å². The number of thiophene rings is 1. The molecule has 1 aromatic heterocycles. The summed E-state index contributed by atoms with van der Waals surface area (Å²) in [4.78, 5) is 24.9. The van der Waals surface area contributed by atoms with Crippen LogP contribution >= 0.6 is 11.3 Å². The van der Waals surface area contributed by atoms with E-state index >= 15 is 0 Å². The molecule has 0 fully saturated rings. The van der Waals surface area contributed by atoms with Crippen molar-refractivity contribution in [3.63, 3.8) is 0 Å². The zero-order valence-electron chi connectivity index (χ0n) is 13.2. The second-order valence-corrected chi connectivity index (χ2v) is 7.20. The zero-order valence-corrected chi connectivity index (χ0v) is 14.0. The number of hydrogen-bond donors (Lipinski definition) is 2. The van der Waals surface area contributed by atoms with Crippen LogP contribution in [-0.2, 0) is 4.79 Å². The summed E-state index contributed by atoms with van der Waals surface area (Å²) in [5.41, 5.74) is 1.13. The summed E-state index contributed by atoms with van der Waals surface area (Å²) in [5, 5.41) is 6.41. The SMILES string of the molecule is Cc1cc(NC(=O)C(C)(C)C)sc1C(=O)Nc1ccccc1. The van der Waals surface area contributed by atoms with Crippen molar-refractivity contribution >= 4 is 33.8 Å². The van der Waals surface area contributed by atoms with Crippen molar-refractivity contribution in [2.24, 2.45) is 5.41 Å². The highest BCUT2D eigenvalue weighted by atomic mass is 32.1. The zero-order chi connectivity index (χ0) is 16.3. The number of carbonyl (C=O) groups is 2. The van der Waals surface area contributed by atoms with Crippen LogP contribution < -0.4 is 10.6 Å². The second kappa shape index (κ2) is 6.32. The van der Waals surface area contributed by atoms with Crippen LogP contribution in [0.3, 0.4) is 0 Å². The average molecular weight is 316 g/mol. The molecule has 4 nitrogen and oxygen atoms in total. The van der Waals surface area contributed by atoms with Gasteiger partial charge in [-0.3, -0.25) is 9.59 Å². The molecular formula is C17H20N2O2S. The minimum Gasteiger partial charge on any atom is -0.321 e. The Balaban J connectivity index is 2.13. The van der Waals surface area contributed by atoms with Crippen molar-refractivity contribution in [3.05, 3.63) is 46.8 Å². The number of para-hydroxylation sites is 1. The Labute approximate surface area is 134 Å². The number of aryl methyl sites for hydroxylation is 1. The topological polar surface area (TPSA) is 58.2 Å². The van der Waals surface area contributed by atoms with Gasteiger partial charge in [-0.1, -0.05) is 39.0 Å². The molecule has 0 radical (unpaired) electrons. The fraction of sp³-hybridized carbons (Fsp3) is 0.294. The minimum absolute atomic E-state index is 0.0660. The molecule has 0 aliphatic carbocycles. The molecule has 0 bridgehead atoms. The Hall–Kier alpha value is -2.14. The van der Waals surface area contributed by atoms with Crippen LogP contribution in [0.5, 0.6) is 0 Å². The van der Waals surface area contributed by atoms with Gasteiger partial charge in [0.05, 0.1) is 9.88 Å². The fourth-order valence-electron chi connectivity index (χ4n) is 1.78. The maximum atomic E-state index is 12.3. The molecule has 2 rings (SSSR count). The summed E-state index contributed by atoms with van der Waals surface area (Å²) >= 11 is 1.29. The van der Waals surface area contributed by atoms with E-state index in [0.29, 0.717) is 9.88 Å². The molecule has 0 saturated heterocycles. The summed E-state index contributed by atoms with van der Waals surface area (Å²) in [6, 6.07) is 11.1. The molecule has 0 spiro atoms. The summed E-state index contributed by atoms with van der Waals surface area (Å²) in [6.07, 6.45) is 0. The molecule has 0 atom stereocenters. The van der Waals surface area contributed by atoms with Crippen molar-refractivity contribution in [2.75, 3.05) is 10.6 Å². The summed E-state index contributed by atoms with van der Waals surface area (Å²) in [5.74, 6) is -0.228. The number of nitrogens with one attached hydrogen (secondary N) is 2. The quantitative estimate of drug-likeness (QED) is 0.887. The van der Waals surface area contributed by atoms with Crippen molar-refractivity contribution < 1.29 is 9.59 Å². The van der Waals surface area contributed by atoms with Gasteiger partial charge in [-0.15, -0.1) is 11.3 Å². The molecule has 2 amide bonds. The van der Waals surface area contributed by atoms with Gasteiger partial charge in [0, 0.05) is 11.1 Å². The first-order valence-corrected chi connectivity index (χ1v) is 7.87. The molecule has 5 heteroatoms. The van der Waals surface area contributed by atoms with E-state index in [9.17, 15) is 9.59 Å². The molecule has 22 heavy (non-hydrogen) atoms. The summed E-state index contributed by atoms with van der Waals surface area (Å²) < 4.78 is 0. The summed E-state index contributed by atoms with van der Waals surface area (Å²) in [7, 11) is 0. The average Bonchev–Trinajstić information content (AvgIpc) is 2.79. The van der Waals surface area contributed by atoms with Gasteiger partial charge in [-0.2, -0.15) is 0 Å². The highest BCUT2D eigenvalue weighted by Crippen LogP contribution is 2.29. The van der Waals surface area contributed by atoms with Gasteiger partial charge in [0.2, 0.25) is 5.91 Å².